The van der Waals surface area contributed by atoms with E-state index in [2.05, 4.69) is 57.6 Å². The zero-order valence-electron chi connectivity index (χ0n) is 19.1. The van der Waals surface area contributed by atoms with Crippen molar-refractivity contribution >= 4 is 17.3 Å². The lowest BCUT2D eigenvalue weighted by atomic mass is 10.2. The minimum atomic E-state index is -0.261. The monoisotopic (exact) mass is 446 g/mol. The standard InChI is InChI=1S/C27H31FN4O/c1-30(19-23-8-5-9-24(28)18-23)21-27(33)29-25-10-12-26(13-11-25)32-16-14-31(15-17-32)20-22-6-3-2-4-7-22/h2-13,18H,14-17,19-21H2,1H3,(H,29,33). The van der Waals surface area contributed by atoms with Gasteiger partial charge in [-0.25, -0.2) is 4.39 Å². The molecule has 4 rings (SSSR count). The van der Waals surface area contributed by atoms with Crippen molar-refractivity contribution in [1.29, 1.82) is 0 Å². The van der Waals surface area contributed by atoms with Crippen LogP contribution in [0.5, 0.6) is 0 Å². The Balaban J connectivity index is 1.22. The third-order valence-corrected chi connectivity index (χ3v) is 5.89. The van der Waals surface area contributed by atoms with E-state index in [4.69, 9.17) is 0 Å². The lowest BCUT2D eigenvalue weighted by Crippen LogP contribution is -2.45. The van der Waals surface area contributed by atoms with Crippen LogP contribution in [0.15, 0.2) is 78.9 Å². The fraction of sp³-hybridized carbons (Fsp3) is 0.296. The van der Waals surface area contributed by atoms with Gasteiger partial charge in [-0.3, -0.25) is 14.6 Å². The highest BCUT2D eigenvalue weighted by Crippen LogP contribution is 2.20. The van der Waals surface area contributed by atoms with E-state index in [-0.39, 0.29) is 18.3 Å². The number of nitrogens with one attached hydrogen (secondary N) is 1. The highest BCUT2D eigenvalue weighted by atomic mass is 19.1. The SMILES string of the molecule is CN(CC(=O)Nc1ccc(N2CCN(Cc3ccccc3)CC2)cc1)Cc1cccc(F)c1. The second kappa shape index (κ2) is 11.1. The fourth-order valence-corrected chi connectivity index (χ4v) is 4.21. The second-order valence-corrected chi connectivity index (χ2v) is 8.65. The molecular formula is C27H31FN4O. The maximum absolute atomic E-state index is 13.3. The van der Waals surface area contributed by atoms with Crippen molar-refractivity contribution in [1.82, 2.24) is 9.80 Å². The van der Waals surface area contributed by atoms with E-state index in [1.807, 2.05) is 30.1 Å². The molecule has 0 aliphatic carbocycles. The first-order valence-corrected chi connectivity index (χ1v) is 11.4. The number of hydrogen-bond acceptors (Lipinski definition) is 4. The van der Waals surface area contributed by atoms with Crippen LogP contribution in [0.2, 0.25) is 0 Å². The molecule has 1 aliphatic rings. The Morgan fingerprint density at radius 3 is 2.30 bits per heavy atom. The van der Waals surface area contributed by atoms with Gasteiger partial charge in [-0.05, 0) is 54.6 Å². The molecule has 0 aromatic heterocycles. The smallest absolute Gasteiger partial charge is 0.238 e. The summed E-state index contributed by atoms with van der Waals surface area (Å²) in [5.74, 6) is -0.348. The third kappa shape index (κ3) is 6.88. The van der Waals surface area contributed by atoms with Crippen molar-refractivity contribution in [2.24, 2.45) is 0 Å². The van der Waals surface area contributed by atoms with Crippen LogP contribution in [0.1, 0.15) is 11.1 Å². The molecule has 33 heavy (non-hydrogen) atoms. The maximum atomic E-state index is 13.3. The number of piperazine rings is 1. The number of benzene rings is 3. The lowest BCUT2D eigenvalue weighted by molar-refractivity contribution is -0.117. The molecule has 1 N–H and O–H groups in total. The summed E-state index contributed by atoms with van der Waals surface area (Å²) >= 11 is 0. The summed E-state index contributed by atoms with van der Waals surface area (Å²) in [6.07, 6.45) is 0. The average molecular weight is 447 g/mol. The molecule has 0 unspecified atom stereocenters. The van der Waals surface area contributed by atoms with Crippen molar-refractivity contribution < 1.29 is 9.18 Å². The minimum Gasteiger partial charge on any atom is -0.369 e. The van der Waals surface area contributed by atoms with Gasteiger partial charge in [0.15, 0.2) is 0 Å². The van der Waals surface area contributed by atoms with Crippen molar-refractivity contribution in [3.05, 3.63) is 95.8 Å². The zero-order chi connectivity index (χ0) is 23.0. The van der Waals surface area contributed by atoms with Crippen LogP contribution in [0.4, 0.5) is 15.8 Å². The number of carbonyl (C=O) groups is 1. The van der Waals surface area contributed by atoms with E-state index >= 15 is 0 Å². The van der Waals surface area contributed by atoms with Gasteiger partial charge in [0, 0.05) is 50.6 Å². The van der Waals surface area contributed by atoms with Crippen molar-refractivity contribution in [2.45, 2.75) is 13.1 Å². The van der Waals surface area contributed by atoms with Gasteiger partial charge in [-0.15, -0.1) is 0 Å². The first kappa shape index (κ1) is 23.0. The Kier molecular flexibility index (Phi) is 7.70. The van der Waals surface area contributed by atoms with Gasteiger partial charge < -0.3 is 10.2 Å². The normalized spacial score (nSPS) is 14.5. The van der Waals surface area contributed by atoms with Crippen molar-refractivity contribution in [2.75, 3.05) is 50.0 Å². The van der Waals surface area contributed by atoms with Gasteiger partial charge in [-0.2, -0.15) is 0 Å². The molecule has 3 aromatic carbocycles. The molecule has 1 aliphatic heterocycles. The molecule has 3 aromatic rings. The van der Waals surface area contributed by atoms with E-state index in [1.54, 1.807) is 6.07 Å². The van der Waals surface area contributed by atoms with Crippen LogP contribution in [-0.4, -0.2) is 55.5 Å². The van der Waals surface area contributed by atoms with Crippen LogP contribution in [-0.2, 0) is 17.9 Å². The Labute approximate surface area is 195 Å². The van der Waals surface area contributed by atoms with Gasteiger partial charge in [0.05, 0.1) is 6.54 Å². The molecule has 5 nitrogen and oxygen atoms in total. The Hall–Kier alpha value is -3.22. The molecule has 1 saturated heterocycles. The molecule has 1 fully saturated rings. The molecule has 0 spiro atoms. The van der Waals surface area contributed by atoms with E-state index < -0.39 is 0 Å². The number of hydrogen-bond donors (Lipinski definition) is 1. The predicted octanol–water partition coefficient (Wildman–Crippen LogP) is 4.22. The molecule has 0 radical (unpaired) electrons. The molecule has 0 saturated carbocycles. The van der Waals surface area contributed by atoms with Crippen LogP contribution in [0.3, 0.4) is 0 Å². The summed E-state index contributed by atoms with van der Waals surface area (Å²) in [7, 11) is 1.85. The highest BCUT2D eigenvalue weighted by molar-refractivity contribution is 5.92. The predicted molar refractivity (Wildman–Crippen MR) is 132 cm³/mol. The van der Waals surface area contributed by atoms with Crippen LogP contribution in [0.25, 0.3) is 0 Å². The fourth-order valence-electron chi connectivity index (χ4n) is 4.21. The summed E-state index contributed by atoms with van der Waals surface area (Å²) < 4.78 is 13.3. The number of rotatable bonds is 8. The largest absolute Gasteiger partial charge is 0.369 e. The Morgan fingerprint density at radius 2 is 1.61 bits per heavy atom. The zero-order valence-corrected chi connectivity index (χ0v) is 19.1. The first-order chi connectivity index (χ1) is 16.0. The topological polar surface area (TPSA) is 38.8 Å². The number of amides is 1. The van der Waals surface area contributed by atoms with Gasteiger partial charge in [0.2, 0.25) is 5.91 Å². The summed E-state index contributed by atoms with van der Waals surface area (Å²) in [6.45, 7) is 5.79. The minimum absolute atomic E-state index is 0.0869. The maximum Gasteiger partial charge on any atom is 0.238 e. The van der Waals surface area contributed by atoms with Crippen molar-refractivity contribution in [3.63, 3.8) is 0 Å². The number of anilines is 2. The van der Waals surface area contributed by atoms with E-state index in [9.17, 15) is 9.18 Å². The summed E-state index contributed by atoms with van der Waals surface area (Å²) in [5, 5.41) is 2.95. The summed E-state index contributed by atoms with van der Waals surface area (Å²) in [5.41, 5.74) is 4.16. The molecule has 1 amide bonds. The van der Waals surface area contributed by atoms with Gasteiger partial charge in [0.25, 0.3) is 0 Å². The van der Waals surface area contributed by atoms with E-state index in [0.717, 1.165) is 44.0 Å². The molecular weight excluding hydrogens is 415 g/mol. The third-order valence-electron chi connectivity index (χ3n) is 5.89. The summed E-state index contributed by atoms with van der Waals surface area (Å²) in [6, 6.07) is 25.1. The molecule has 0 bridgehead atoms. The molecule has 0 atom stereocenters. The Morgan fingerprint density at radius 1 is 0.909 bits per heavy atom. The van der Waals surface area contributed by atoms with Crippen LogP contribution in [0, 0.1) is 5.82 Å². The van der Waals surface area contributed by atoms with Crippen LogP contribution >= 0.6 is 0 Å². The number of nitrogens with zero attached hydrogens (tertiary/aromatic N) is 3. The van der Waals surface area contributed by atoms with Gasteiger partial charge in [-0.1, -0.05) is 42.5 Å². The lowest BCUT2D eigenvalue weighted by Gasteiger charge is -2.36. The van der Waals surface area contributed by atoms with Gasteiger partial charge >= 0.3 is 0 Å². The number of likely N-dealkylation sites (N-methyl/N-ethyl adjacent to an activating group) is 1. The quantitative estimate of drug-likeness (QED) is 0.562. The first-order valence-electron chi connectivity index (χ1n) is 11.4. The average Bonchev–Trinajstić information content (AvgIpc) is 2.81. The van der Waals surface area contributed by atoms with E-state index in [0.29, 0.717) is 6.54 Å². The molecule has 1 heterocycles. The molecule has 172 valence electrons. The highest BCUT2D eigenvalue weighted by Gasteiger charge is 2.17. The second-order valence-electron chi connectivity index (χ2n) is 8.65. The van der Waals surface area contributed by atoms with Crippen molar-refractivity contribution in [3.8, 4) is 0 Å². The van der Waals surface area contributed by atoms with E-state index in [1.165, 1.54) is 23.4 Å². The Bertz CT molecular complexity index is 1030. The number of halogens is 1. The molecule has 6 heteroatoms. The van der Waals surface area contributed by atoms with Crippen LogP contribution < -0.4 is 10.2 Å². The van der Waals surface area contributed by atoms with Gasteiger partial charge in [0.1, 0.15) is 5.82 Å². The summed E-state index contributed by atoms with van der Waals surface area (Å²) in [4.78, 5) is 19.2. The number of carbonyl (C=O) groups excluding carboxylic acids is 1.